The Kier molecular flexibility index (Phi) is 5.65. The van der Waals surface area contributed by atoms with Crippen LogP contribution in [0.1, 0.15) is 12.5 Å². The molecule has 0 bridgehead atoms. The van der Waals surface area contributed by atoms with Gasteiger partial charge < -0.3 is 15.7 Å². The zero-order chi connectivity index (χ0) is 18.5. The van der Waals surface area contributed by atoms with E-state index in [0.29, 0.717) is 11.8 Å². The van der Waals surface area contributed by atoms with Crippen LogP contribution in [0, 0.1) is 6.92 Å². The van der Waals surface area contributed by atoms with Gasteiger partial charge in [-0.15, -0.1) is 0 Å². The van der Waals surface area contributed by atoms with Crippen LogP contribution in [0.15, 0.2) is 48.8 Å². The first kappa shape index (κ1) is 18.1. The van der Waals surface area contributed by atoms with Crippen LogP contribution in [-0.2, 0) is 0 Å². The summed E-state index contributed by atoms with van der Waals surface area (Å²) in [6.45, 7) is 3.80. The number of halogens is 1. The quantitative estimate of drug-likeness (QED) is 0.608. The highest BCUT2D eigenvalue weighted by molar-refractivity contribution is 6.31. The first-order valence-corrected chi connectivity index (χ1v) is 8.63. The molecule has 2 heterocycles. The van der Waals surface area contributed by atoms with Crippen LogP contribution in [0.5, 0.6) is 0 Å². The summed E-state index contributed by atoms with van der Waals surface area (Å²) in [7, 11) is 0. The molecule has 0 saturated heterocycles. The van der Waals surface area contributed by atoms with E-state index in [0.717, 1.165) is 27.5 Å². The Morgan fingerprint density at radius 1 is 1.12 bits per heavy atom. The van der Waals surface area contributed by atoms with Gasteiger partial charge in [-0.2, -0.15) is 4.98 Å². The molecular weight excluding hydrogens is 350 g/mol. The van der Waals surface area contributed by atoms with E-state index in [4.69, 9.17) is 11.6 Å². The molecule has 0 fully saturated rings. The van der Waals surface area contributed by atoms with Gasteiger partial charge in [0.05, 0.1) is 12.3 Å². The van der Waals surface area contributed by atoms with Gasteiger partial charge in [0.15, 0.2) is 0 Å². The normalized spacial score (nSPS) is 11.8. The smallest absolute Gasteiger partial charge is 0.225 e. The lowest BCUT2D eigenvalue weighted by Gasteiger charge is -2.14. The van der Waals surface area contributed by atoms with Crippen molar-refractivity contribution in [1.82, 2.24) is 15.0 Å². The van der Waals surface area contributed by atoms with Crippen LogP contribution >= 0.6 is 11.6 Å². The van der Waals surface area contributed by atoms with E-state index >= 15 is 0 Å². The van der Waals surface area contributed by atoms with Crippen molar-refractivity contribution in [1.29, 1.82) is 0 Å². The first-order valence-electron chi connectivity index (χ1n) is 8.25. The van der Waals surface area contributed by atoms with Gasteiger partial charge in [0.25, 0.3) is 0 Å². The number of rotatable bonds is 6. The predicted molar refractivity (Wildman–Crippen MR) is 105 cm³/mol. The Morgan fingerprint density at radius 2 is 1.88 bits per heavy atom. The van der Waals surface area contributed by atoms with Crippen LogP contribution in [0.4, 0.5) is 17.5 Å². The van der Waals surface area contributed by atoms with Gasteiger partial charge >= 0.3 is 0 Å². The molecule has 0 unspecified atom stereocenters. The lowest BCUT2D eigenvalue weighted by atomic mass is 10.2. The summed E-state index contributed by atoms with van der Waals surface area (Å²) in [5, 5.41) is 16.4. The van der Waals surface area contributed by atoms with E-state index in [1.54, 1.807) is 12.4 Å². The molecule has 0 aliphatic rings. The Labute approximate surface area is 157 Å². The molecule has 0 spiro atoms. The highest BCUT2D eigenvalue weighted by Crippen LogP contribution is 2.25. The molecule has 0 aliphatic carbocycles. The molecule has 26 heavy (non-hydrogen) atoms. The van der Waals surface area contributed by atoms with Crippen molar-refractivity contribution in [2.75, 3.05) is 17.2 Å². The molecule has 6 nitrogen and oxygen atoms in total. The van der Waals surface area contributed by atoms with Gasteiger partial charge in [-0.3, -0.25) is 4.98 Å². The van der Waals surface area contributed by atoms with Crippen molar-refractivity contribution in [2.24, 2.45) is 0 Å². The van der Waals surface area contributed by atoms with Crippen LogP contribution in [0.3, 0.4) is 0 Å². The lowest BCUT2D eigenvalue weighted by molar-refractivity contribution is 0.281. The van der Waals surface area contributed by atoms with Crippen molar-refractivity contribution >= 4 is 29.1 Å². The van der Waals surface area contributed by atoms with Crippen molar-refractivity contribution in [2.45, 2.75) is 19.9 Å². The number of aryl methyl sites for hydroxylation is 1. The molecule has 3 N–H and O–H groups in total. The SMILES string of the molecule is Cc1cc(Nc2cc(-c3ccncc3)nc(N[C@H](C)CO)n2)ccc1Cl. The number of nitrogens with zero attached hydrogens (tertiary/aromatic N) is 3. The summed E-state index contributed by atoms with van der Waals surface area (Å²) in [6, 6.07) is 11.2. The Balaban J connectivity index is 1.97. The second-order valence-electron chi connectivity index (χ2n) is 6.01. The number of hydrogen-bond acceptors (Lipinski definition) is 6. The van der Waals surface area contributed by atoms with E-state index in [1.165, 1.54) is 0 Å². The molecular formula is C19H20ClN5O. The van der Waals surface area contributed by atoms with Crippen LogP contribution in [0.2, 0.25) is 5.02 Å². The fourth-order valence-electron chi connectivity index (χ4n) is 2.38. The number of hydrogen-bond donors (Lipinski definition) is 3. The molecule has 134 valence electrons. The molecule has 1 atom stereocenters. The van der Waals surface area contributed by atoms with E-state index < -0.39 is 0 Å². The lowest BCUT2D eigenvalue weighted by Crippen LogP contribution is -2.21. The number of benzene rings is 1. The standard InChI is InChI=1S/C19H20ClN5O/c1-12-9-15(3-4-16(12)20)23-18-10-17(14-5-7-21-8-6-14)24-19(25-18)22-13(2)11-26/h3-10,13,26H,11H2,1-2H3,(H2,22,23,24,25)/t13-/m1/s1. The van der Waals surface area contributed by atoms with Gasteiger partial charge in [0.1, 0.15) is 5.82 Å². The molecule has 7 heteroatoms. The number of aliphatic hydroxyl groups excluding tert-OH is 1. The number of pyridine rings is 1. The second kappa shape index (κ2) is 8.12. The minimum absolute atomic E-state index is 0.0119. The second-order valence-corrected chi connectivity index (χ2v) is 6.42. The van der Waals surface area contributed by atoms with Gasteiger partial charge in [-0.1, -0.05) is 11.6 Å². The molecule has 2 aromatic heterocycles. The van der Waals surface area contributed by atoms with Gasteiger partial charge in [0.2, 0.25) is 5.95 Å². The third-order valence-corrected chi connectivity index (χ3v) is 4.21. The van der Waals surface area contributed by atoms with Gasteiger partial charge in [0, 0.05) is 40.8 Å². The Hall–Kier alpha value is -2.70. The summed E-state index contributed by atoms with van der Waals surface area (Å²) in [5.74, 6) is 1.08. The minimum Gasteiger partial charge on any atom is -0.394 e. The van der Waals surface area contributed by atoms with Crippen molar-refractivity contribution in [3.63, 3.8) is 0 Å². The summed E-state index contributed by atoms with van der Waals surface area (Å²) in [6.07, 6.45) is 3.44. The topological polar surface area (TPSA) is 83.0 Å². The van der Waals surface area contributed by atoms with E-state index in [9.17, 15) is 5.11 Å². The zero-order valence-electron chi connectivity index (χ0n) is 14.6. The number of aliphatic hydroxyl groups is 1. The third kappa shape index (κ3) is 4.47. The summed E-state index contributed by atoms with van der Waals surface area (Å²) < 4.78 is 0. The van der Waals surface area contributed by atoms with Crippen molar-refractivity contribution in [3.8, 4) is 11.3 Å². The van der Waals surface area contributed by atoms with Crippen LogP contribution < -0.4 is 10.6 Å². The van der Waals surface area contributed by atoms with E-state index in [2.05, 4.69) is 25.6 Å². The molecule has 0 saturated carbocycles. The summed E-state index contributed by atoms with van der Waals surface area (Å²) >= 11 is 6.09. The van der Waals surface area contributed by atoms with Crippen molar-refractivity contribution in [3.05, 3.63) is 59.4 Å². The monoisotopic (exact) mass is 369 g/mol. The maximum absolute atomic E-state index is 9.29. The third-order valence-electron chi connectivity index (χ3n) is 3.78. The average molecular weight is 370 g/mol. The largest absolute Gasteiger partial charge is 0.394 e. The van der Waals surface area contributed by atoms with Crippen LogP contribution in [-0.4, -0.2) is 32.7 Å². The molecule has 1 aromatic carbocycles. The number of aromatic nitrogens is 3. The maximum Gasteiger partial charge on any atom is 0.225 e. The highest BCUT2D eigenvalue weighted by Gasteiger charge is 2.10. The van der Waals surface area contributed by atoms with E-state index in [1.807, 2.05) is 50.2 Å². The number of anilines is 3. The highest BCUT2D eigenvalue weighted by atomic mass is 35.5. The molecule has 0 amide bonds. The first-order chi connectivity index (χ1) is 12.5. The zero-order valence-corrected chi connectivity index (χ0v) is 15.3. The Morgan fingerprint density at radius 3 is 2.58 bits per heavy atom. The fraction of sp³-hybridized carbons (Fsp3) is 0.211. The minimum atomic E-state index is -0.159. The summed E-state index contributed by atoms with van der Waals surface area (Å²) in [4.78, 5) is 13.1. The van der Waals surface area contributed by atoms with E-state index in [-0.39, 0.29) is 12.6 Å². The maximum atomic E-state index is 9.29. The predicted octanol–water partition coefficient (Wildman–Crippen LogP) is 4.04. The van der Waals surface area contributed by atoms with Crippen LogP contribution in [0.25, 0.3) is 11.3 Å². The Bertz CT molecular complexity index is 888. The molecule has 3 aromatic rings. The van der Waals surface area contributed by atoms with Gasteiger partial charge in [-0.05, 0) is 49.7 Å². The molecule has 3 rings (SSSR count). The summed E-state index contributed by atoms with van der Waals surface area (Å²) in [5.41, 5.74) is 3.54. The van der Waals surface area contributed by atoms with Crippen molar-refractivity contribution < 1.29 is 5.11 Å². The average Bonchev–Trinajstić information content (AvgIpc) is 2.65. The molecule has 0 aliphatic heterocycles. The van der Waals surface area contributed by atoms with Gasteiger partial charge in [-0.25, -0.2) is 4.98 Å². The molecule has 0 radical (unpaired) electrons. The fourth-order valence-corrected chi connectivity index (χ4v) is 2.50. The number of nitrogens with one attached hydrogen (secondary N) is 2.